The molecule has 1 saturated heterocycles. The van der Waals surface area contributed by atoms with Gasteiger partial charge >= 0.3 is 0 Å². The van der Waals surface area contributed by atoms with Gasteiger partial charge in [0.1, 0.15) is 5.82 Å². The van der Waals surface area contributed by atoms with Gasteiger partial charge in [0.15, 0.2) is 5.82 Å². The molecule has 1 aliphatic heterocycles. The Bertz CT molecular complexity index is 628. The monoisotopic (exact) mass is 316 g/mol. The van der Waals surface area contributed by atoms with E-state index in [1.807, 2.05) is 6.20 Å². The fourth-order valence-corrected chi connectivity index (χ4v) is 2.66. The first-order valence-electron chi connectivity index (χ1n) is 8.04. The van der Waals surface area contributed by atoms with Crippen molar-refractivity contribution in [1.29, 1.82) is 0 Å². The number of anilines is 1. The van der Waals surface area contributed by atoms with Gasteiger partial charge in [0.25, 0.3) is 0 Å². The first-order chi connectivity index (χ1) is 10.9. The molecule has 0 radical (unpaired) electrons. The van der Waals surface area contributed by atoms with Crippen LogP contribution in [0.4, 0.5) is 5.82 Å². The van der Waals surface area contributed by atoms with E-state index in [0.717, 1.165) is 37.8 Å². The molecule has 2 aromatic heterocycles. The van der Waals surface area contributed by atoms with E-state index in [1.54, 1.807) is 12.4 Å². The number of aromatic nitrogens is 4. The summed E-state index contributed by atoms with van der Waals surface area (Å²) in [5, 5.41) is 4.12. The van der Waals surface area contributed by atoms with Crippen LogP contribution in [0, 0.1) is 0 Å². The minimum atomic E-state index is -0.0911. The summed E-state index contributed by atoms with van der Waals surface area (Å²) in [6.45, 7) is 12.1. The Kier molecular flexibility index (Phi) is 4.30. The van der Waals surface area contributed by atoms with Crippen molar-refractivity contribution in [3.63, 3.8) is 0 Å². The summed E-state index contributed by atoms with van der Waals surface area (Å²) in [4.78, 5) is 17.7. The lowest BCUT2D eigenvalue weighted by molar-refractivity contribution is 0.164. The Balaban J connectivity index is 1.62. The Morgan fingerprint density at radius 1 is 1.13 bits per heavy atom. The predicted octanol–water partition coefficient (Wildman–Crippen LogP) is 2.04. The zero-order valence-electron chi connectivity index (χ0n) is 14.2. The van der Waals surface area contributed by atoms with E-state index in [4.69, 9.17) is 4.52 Å². The molecule has 0 N–H and O–H groups in total. The van der Waals surface area contributed by atoms with Crippen molar-refractivity contribution in [2.45, 2.75) is 39.2 Å². The highest BCUT2D eigenvalue weighted by Gasteiger charge is 2.28. The van der Waals surface area contributed by atoms with Crippen LogP contribution in [0.3, 0.4) is 0 Å². The van der Waals surface area contributed by atoms with Crippen molar-refractivity contribution in [3.8, 4) is 0 Å². The van der Waals surface area contributed by atoms with E-state index in [0.29, 0.717) is 5.89 Å². The van der Waals surface area contributed by atoms with Crippen LogP contribution >= 0.6 is 0 Å². The molecule has 7 nitrogen and oxygen atoms in total. The largest absolute Gasteiger partial charge is 0.353 e. The molecular weight excluding hydrogens is 292 g/mol. The maximum absolute atomic E-state index is 5.48. The first-order valence-corrected chi connectivity index (χ1v) is 8.04. The van der Waals surface area contributed by atoms with E-state index in [1.165, 1.54) is 0 Å². The molecule has 0 saturated carbocycles. The Hall–Kier alpha value is -2.02. The summed E-state index contributed by atoms with van der Waals surface area (Å²) in [5.41, 5.74) is -0.0911. The van der Waals surface area contributed by atoms with Crippen LogP contribution in [0.2, 0.25) is 0 Å². The van der Waals surface area contributed by atoms with Crippen molar-refractivity contribution in [1.82, 2.24) is 25.0 Å². The summed E-state index contributed by atoms with van der Waals surface area (Å²) >= 11 is 0. The van der Waals surface area contributed by atoms with Crippen LogP contribution in [0.15, 0.2) is 23.1 Å². The van der Waals surface area contributed by atoms with Crippen LogP contribution in [-0.2, 0) is 5.41 Å². The minimum Gasteiger partial charge on any atom is -0.353 e. The van der Waals surface area contributed by atoms with E-state index < -0.39 is 0 Å². The lowest BCUT2D eigenvalue weighted by Gasteiger charge is -2.37. The van der Waals surface area contributed by atoms with Crippen molar-refractivity contribution in [2.75, 3.05) is 31.1 Å². The maximum Gasteiger partial charge on any atom is 0.243 e. The minimum absolute atomic E-state index is 0.0911. The van der Waals surface area contributed by atoms with Gasteiger partial charge in [-0.2, -0.15) is 4.98 Å². The van der Waals surface area contributed by atoms with Crippen LogP contribution < -0.4 is 4.90 Å². The third-order valence-electron chi connectivity index (χ3n) is 4.21. The number of nitrogens with zero attached hydrogens (tertiary/aromatic N) is 6. The molecule has 0 unspecified atom stereocenters. The molecule has 1 fully saturated rings. The van der Waals surface area contributed by atoms with Gasteiger partial charge in [-0.3, -0.25) is 9.88 Å². The van der Waals surface area contributed by atoms with Gasteiger partial charge in [0, 0.05) is 44.0 Å². The topological polar surface area (TPSA) is 71.2 Å². The van der Waals surface area contributed by atoms with Crippen LogP contribution in [0.1, 0.15) is 45.5 Å². The van der Waals surface area contributed by atoms with E-state index in [2.05, 4.69) is 57.6 Å². The Morgan fingerprint density at radius 3 is 2.43 bits per heavy atom. The molecule has 0 spiro atoms. The molecule has 0 amide bonds. The summed E-state index contributed by atoms with van der Waals surface area (Å²) in [5.74, 6) is 2.40. The van der Waals surface area contributed by atoms with Gasteiger partial charge in [-0.15, -0.1) is 0 Å². The molecular formula is C16H24N6O. The zero-order chi connectivity index (χ0) is 16.4. The van der Waals surface area contributed by atoms with E-state index in [-0.39, 0.29) is 11.5 Å². The third-order valence-corrected chi connectivity index (χ3v) is 4.21. The normalized spacial score (nSPS) is 18.2. The number of piperazine rings is 1. The molecule has 2 aromatic rings. The molecule has 7 heteroatoms. The smallest absolute Gasteiger partial charge is 0.243 e. The highest BCUT2D eigenvalue weighted by Crippen LogP contribution is 2.25. The average Bonchev–Trinajstić information content (AvgIpc) is 3.05. The van der Waals surface area contributed by atoms with Gasteiger partial charge in [-0.25, -0.2) is 4.98 Å². The summed E-state index contributed by atoms with van der Waals surface area (Å²) in [6.07, 6.45) is 5.24. The van der Waals surface area contributed by atoms with E-state index in [9.17, 15) is 0 Å². The van der Waals surface area contributed by atoms with Crippen LogP contribution in [-0.4, -0.2) is 51.2 Å². The SMILES string of the molecule is C[C@H](c1nc(C(C)(C)C)no1)N1CCN(c2cnccn2)CC1. The molecule has 0 aromatic carbocycles. The molecule has 3 heterocycles. The molecule has 0 aliphatic carbocycles. The third kappa shape index (κ3) is 3.50. The van der Waals surface area contributed by atoms with Crippen LogP contribution in [0.25, 0.3) is 0 Å². The second-order valence-electron chi connectivity index (χ2n) is 6.97. The van der Waals surface area contributed by atoms with E-state index >= 15 is 0 Å². The van der Waals surface area contributed by atoms with Gasteiger partial charge in [0.2, 0.25) is 5.89 Å². The quantitative estimate of drug-likeness (QED) is 0.858. The Labute approximate surface area is 136 Å². The van der Waals surface area contributed by atoms with Gasteiger partial charge < -0.3 is 9.42 Å². The highest BCUT2D eigenvalue weighted by molar-refractivity contribution is 5.35. The standard InChI is InChI=1S/C16H24N6O/c1-12(14-19-15(20-23-14)16(2,3)4)21-7-9-22(10-8-21)13-11-17-5-6-18-13/h5-6,11-12H,7-10H2,1-4H3/t12-/m1/s1. The molecule has 1 atom stereocenters. The highest BCUT2D eigenvalue weighted by atomic mass is 16.5. The predicted molar refractivity (Wildman–Crippen MR) is 87.2 cm³/mol. The molecule has 23 heavy (non-hydrogen) atoms. The fourth-order valence-electron chi connectivity index (χ4n) is 2.66. The van der Waals surface area contributed by atoms with Crippen molar-refractivity contribution in [2.24, 2.45) is 0 Å². The summed E-state index contributed by atoms with van der Waals surface area (Å²) < 4.78 is 5.48. The Morgan fingerprint density at radius 2 is 1.87 bits per heavy atom. The van der Waals surface area contributed by atoms with Crippen LogP contribution in [0.5, 0.6) is 0 Å². The summed E-state index contributed by atoms with van der Waals surface area (Å²) in [7, 11) is 0. The first kappa shape index (κ1) is 15.9. The molecule has 0 bridgehead atoms. The second-order valence-corrected chi connectivity index (χ2v) is 6.97. The average molecular weight is 316 g/mol. The fraction of sp³-hybridized carbons (Fsp3) is 0.625. The number of rotatable bonds is 3. The zero-order valence-corrected chi connectivity index (χ0v) is 14.2. The van der Waals surface area contributed by atoms with Crippen molar-refractivity contribution in [3.05, 3.63) is 30.3 Å². The van der Waals surface area contributed by atoms with Gasteiger partial charge in [-0.1, -0.05) is 25.9 Å². The molecule has 3 rings (SSSR count). The van der Waals surface area contributed by atoms with Gasteiger partial charge in [-0.05, 0) is 6.92 Å². The molecule has 124 valence electrons. The lowest BCUT2D eigenvalue weighted by Crippen LogP contribution is -2.47. The van der Waals surface area contributed by atoms with Gasteiger partial charge in [0.05, 0.1) is 12.2 Å². The maximum atomic E-state index is 5.48. The number of hydrogen-bond donors (Lipinski definition) is 0. The van der Waals surface area contributed by atoms with Crippen molar-refractivity contribution < 1.29 is 4.52 Å². The number of hydrogen-bond acceptors (Lipinski definition) is 7. The lowest BCUT2D eigenvalue weighted by atomic mass is 9.96. The molecule has 1 aliphatic rings. The second kappa shape index (κ2) is 6.23. The van der Waals surface area contributed by atoms with Crippen molar-refractivity contribution >= 4 is 5.82 Å². The summed E-state index contributed by atoms with van der Waals surface area (Å²) in [6, 6.07) is 0.127.